The molecule has 1 aromatic rings. The summed E-state index contributed by atoms with van der Waals surface area (Å²) in [6.07, 6.45) is 0. The lowest BCUT2D eigenvalue weighted by Crippen LogP contribution is -2.05. The maximum atomic E-state index is 12.9. The number of carbonyl (C=O) groups is 1. The van der Waals surface area contributed by atoms with Crippen molar-refractivity contribution in [2.45, 2.75) is 0 Å². The monoisotopic (exact) mass is 188 g/mol. The van der Waals surface area contributed by atoms with Gasteiger partial charge in [-0.05, 0) is 6.07 Å². The molecule has 0 spiro atoms. The summed E-state index contributed by atoms with van der Waals surface area (Å²) < 4.78 is 29.6. The van der Waals surface area contributed by atoms with Crippen molar-refractivity contribution in [2.75, 3.05) is 7.11 Å². The predicted molar refractivity (Wildman–Crippen MR) is 39.4 cm³/mol. The Kier molecular flexibility index (Phi) is 2.46. The zero-order valence-electron chi connectivity index (χ0n) is 6.67. The minimum Gasteiger partial charge on any atom is -0.505 e. The first-order valence-electron chi connectivity index (χ1n) is 3.32. The molecule has 1 rings (SSSR count). The number of methoxy groups -OCH3 is 1. The summed E-state index contributed by atoms with van der Waals surface area (Å²) in [4.78, 5) is 10.8. The number of aromatic hydroxyl groups is 1. The van der Waals surface area contributed by atoms with Gasteiger partial charge in [-0.2, -0.15) is 0 Å². The number of halogens is 2. The van der Waals surface area contributed by atoms with Gasteiger partial charge in [-0.1, -0.05) is 0 Å². The molecular weight excluding hydrogens is 182 g/mol. The Morgan fingerprint density at radius 3 is 2.62 bits per heavy atom. The molecule has 0 fully saturated rings. The topological polar surface area (TPSA) is 46.5 Å². The van der Waals surface area contributed by atoms with Crippen LogP contribution in [0.3, 0.4) is 0 Å². The van der Waals surface area contributed by atoms with Crippen LogP contribution in [-0.2, 0) is 4.74 Å². The molecule has 0 radical (unpaired) electrons. The summed E-state index contributed by atoms with van der Waals surface area (Å²) in [6, 6.07) is 1.22. The molecule has 0 aliphatic heterocycles. The van der Waals surface area contributed by atoms with Gasteiger partial charge in [0.05, 0.1) is 7.11 Å². The fraction of sp³-hybridized carbons (Fsp3) is 0.125. The fourth-order valence-corrected chi connectivity index (χ4v) is 0.833. The van der Waals surface area contributed by atoms with Crippen molar-refractivity contribution in [3.05, 3.63) is 29.3 Å². The van der Waals surface area contributed by atoms with Crippen LogP contribution in [0.1, 0.15) is 10.4 Å². The summed E-state index contributed by atoms with van der Waals surface area (Å²) in [5, 5.41) is 8.80. The summed E-state index contributed by atoms with van der Waals surface area (Å²) in [5.41, 5.74) is -0.625. The highest BCUT2D eigenvalue weighted by Crippen LogP contribution is 2.21. The van der Waals surface area contributed by atoms with E-state index in [1.54, 1.807) is 0 Å². The van der Waals surface area contributed by atoms with Crippen LogP contribution in [0.25, 0.3) is 0 Å². The largest absolute Gasteiger partial charge is 0.505 e. The van der Waals surface area contributed by atoms with E-state index in [9.17, 15) is 13.6 Å². The Labute approximate surface area is 72.6 Å². The maximum Gasteiger partial charge on any atom is 0.341 e. The molecule has 70 valence electrons. The molecule has 0 aliphatic rings. The molecule has 1 N–H and O–H groups in total. The molecule has 3 nitrogen and oxygen atoms in total. The van der Waals surface area contributed by atoms with Gasteiger partial charge in [-0.3, -0.25) is 0 Å². The maximum absolute atomic E-state index is 12.9. The molecule has 5 heteroatoms. The highest BCUT2D eigenvalue weighted by atomic mass is 19.1. The Hall–Kier alpha value is -1.65. The van der Waals surface area contributed by atoms with Crippen LogP contribution in [0, 0.1) is 11.6 Å². The number of ether oxygens (including phenoxy) is 1. The number of hydrogen-bond donors (Lipinski definition) is 1. The van der Waals surface area contributed by atoms with E-state index in [0.717, 1.165) is 7.11 Å². The van der Waals surface area contributed by atoms with Gasteiger partial charge in [0, 0.05) is 6.07 Å². The van der Waals surface area contributed by atoms with Gasteiger partial charge < -0.3 is 9.84 Å². The number of phenolic OH excluding ortho intramolecular Hbond substituents is 1. The summed E-state index contributed by atoms with van der Waals surface area (Å²) >= 11 is 0. The standard InChI is InChI=1S/C8H6F2O3/c1-13-8(12)5-2-4(9)3-6(11)7(5)10/h2-3,11H,1H3. The minimum absolute atomic E-state index is 0.571. The van der Waals surface area contributed by atoms with E-state index in [1.165, 1.54) is 0 Å². The fourth-order valence-electron chi connectivity index (χ4n) is 0.833. The first kappa shape index (κ1) is 9.44. The molecule has 1 aromatic carbocycles. The van der Waals surface area contributed by atoms with Crippen LogP contribution < -0.4 is 0 Å². The third-order valence-corrected chi connectivity index (χ3v) is 1.42. The number of phenols is 1. The second kappa shape index (κ2) is 3.38. The highest BCUT2D eigenvalue weighted by molar-refractivity contribution is 5.90. The van der Waals surface area contributed by atoms with E-state index in [4.69, 9.17) is 5.11 Å². The highest BCUT2D eigenvalue weighted by Gasteiger charge is 2.17. The third kappa shape index (κ3) is 1.74. The summed E-state index contributed by atoms with van der Waals surface area (Å²) in [5.74, 6) is -4.04. The van der Waals surface area contributed by atoms with Crippen molar-refractivity contribution in [3.8, 4) is 5.75 Å². The van der Waals surface area contributed by atoms with Crippen molar-refractivity contribution >= 4 is 5.97 Å². The third-order valence-electron chi connectivity index (χ3n) is 1.42. The number of benzene rings is 1. The lowest BCUT2D eigenvalue weighted by Gasteiger charge is -2.02. The van der Waals surface area contributed by atoms with Gasteiger partial charge in [0.15, 0.2) is 11.6 Å². The Morgan fingerprint density at radius 2 is 2.08 bits per heavy atom. The van der Waals surface area contributed by atoms with Gasteiger partial charge in [0.2, 0.25) is 0 Å². The van der Waals surface area contributed by atoms with Crippen LogP contribution in [0.15, 0.2) is 12.1 Å². The number of rotatable bonds is 1. The Bertz CT molecular complexity index is 349. The Morgan fingerprint density at radius 1 is 1.46 bits per heavy atom. The van der Waals surface area contributed by atoms with Crippen molar-refractivity contribution in [1.82, 2.24) is 0 Å². The van der Waals surface area contributed by atoms with E-state index < -0.39 is 28.9 Å². The average Bonchev–Trinajstić information content (AvgIpc) is 2.10. The van der Waals surface area contributed by atoms with Crippen molar-refractivity contribution < 1.29 is 23.4 Å². The first-order chi connectivity index (χ1) is 6.06. The molecule has 0 saturated heterocycles. The average molecular weight is 188 g/mol. The van der Waals surface area contributed by atoms with E-state index in [-0.39, 0.29) is 0 Å². The molecular formula is C8H6F2O3. The molecule has 0 aliphatic carbocycles. The molecule has 0 heterocycles. The van der Waals surface area contributed by atoms with Crippen LogP contribution in [0.5, 0.6) is 5.75 Å². The zero-order chi connectivity index (χ0) is 10.0. The van der Waals surface area contributed by atoms with Crippen molar-refractivity contribution in [3.63, 3.8) is 0 Å². The van der Waals surface area contributed by atoms with Crippen LogP contribution in [0.4, 0.5) is 8.78 Å². The molecule has 0 unspecified atom stereocenters. The lowest BCUT2D eigenvalue weighted by molar-refractivity contribution is 0.0594. The first-order valence-corrected chi connectivity index (χ1v) is 3.32. The van der Waals surface area contributed by atoms with E-state index in [0.29, 0.717) is 12.1 Å². The van der Waals surface area contributed by atoms with E-state index >= 15 is 0 Å². The van der Waals surface area contributed by atoms with Crippen LogP contribution in [0.2, 0.25) is 0 Å². The van der Waals surface area contributed by atoms with Gasteiger partial charge >= 0.3 is 5.97 Å². The predicted octanol–water partition coefficient (Wildman–Crippen LogP) is 1.46. The smallest absolute Gasteiger partial charge is 0.341 e. The number of esters is 1. The summed E-state index contributed by atoms with van der Waals surface area (Å²) in [6.45, 7) is 0. The van der Waals surface area contributed by atoms with Crippen LogP contribution in [-0.4, -0.2) is 18.2 Å². The number of hydrogen-bond acceptors (Lipinski definition) is 3. The number of carbonyl (C=O) groups excluding carboxylic acids is 1. The quantitative estimate of drug-likeness (QED) is 0.678. The van der Waals surface area contributed by atoms with E-state index in [2.05, 4.69) is 4.74 Å². The normalized spacial score (nSPS) is 9.77. The van der Waals surface area contributed by atoms with Crippen LogP contribution >= 0.6 is 0 Å². The molecule has 0 amide bonds. The van der Waals surface area contributed by atoms with Gasteiger partial charge in [-0.15, -0.1) is 0 Å². The molecule has 0 aromatic heterocycles. The minimum atomic E-state index is -1.19. The second-order valence-electron chi connectivity index (χ2n) is 2.28. The van der Waals surface area contributed by atoms with Gasteiger partial charge in [0.25, 0.3) is 0 Å². The second-order valence-corrected chi connectivity index (χ2v) is 2.28. The zero-order valence-corrected chi connectivity index (χ0v) is 6.67. The van der Waals surface area contributed by atoms with E-state index in [1.807, 2.05) is 0 Å². The summed E-state index contributed by atoms with van der Waals surface area (Å²) in [7, 11) is 1.03. The van der Waals surface area contributed by atoms with Gasteiger partial charge in [-0.25, -0.2) is 13.6 Å². The molecule has 0 bridgehead atoms. The lowest BCUT2D eigenvalue weighted by atomic mass is 10.2. The molecule has 13 heavy (non-hydrogen) atoms. The Balaban J connectivity index is 3.28. The molecule has 0 saturated carbocycles. The SMILES string of the molecule is COC(=O)c1cc(F)cc(O)c1F. The molecule has 0 atom stereocenters. The van der Waals surface area contributed by atoms with Crippen molar-refractivity contribution in [2.24, 2.45) is 0 Å². The van der Waals surface area contributed by atoms with Gasteiger partial charge in [0.1, 0.15) is 11.4 Å². The van der Waals surface area contributed by atoms with Crippen molar-refractivity contribution in [1.29, 1.82) is 0 Å².